The van der Waals surface area contributed by atoms with Crippen molar-refractivity contribution in [3.05, 3.63) is 76.0 Å². The van der Waals surface area contributed by atoms with Crippen LogP contribution >= 0.6 is 11.6 Å². The van der Waals surface area contributed by atoms with Gasteiger partial charge in [0.15, 0.2) is 0 Å². The minimum absolute atomic E-state index is 0.0309. The molecular formula is C31H36ClF3N2O6. The van der Waals surface area contributed by atoms with Crippen molar-refractivity contribution in [2.24, 2.45) is 10.9 Å². The van der Waals surface area contributed by atoms with Gasteiger partial charge in [0, 0.05) is 29.2 Å². The van der Waals surface area contributed by atoms with Crippen LogP contribution in [0.1, 0.15) is 44.2 Å². The van der Waals surface area contributed by atoms with Crippen molar-refractivity contribution < 1.29 is 42.1 Å². The van der Waals surface area contributed by atoms with Gasteiger partial charge in [-0.15, -0.1) is 0 Å². The molecule has 43 heavy (non-hydrogen) atoms. The fraction of sp³-hybridized carbons (Fsp3) is 0.452. The molecule has 0 aliphatic carbocycles. The first-order valence-corrected chi connectivity index (χ1v) is 14.2. The van der Waals surface area contributed by atoms with Crippen LogP contribution in [0.25, 0.3) is 0 Å². The third-order valence-electron chi connectivity index (χ3n) is 6.79. The summed E-state index contributed by atoms with van der Waals surface area (Å²) in [6, 6.07) is 13.6. The molecule has 1 aliphatic heterocycles. The van der Waals surface area contributed by atoms with Gasteiger partial charge < -0.3 is 24.6 Å². The first-order chi connectivity index (χ1) is 20.3. The zero-order valence-corrected chi connectivity index (χ0v) is 25.2. The molecule has 0 radical (unpaired) electrons. The highest BCUT2D eigenvalue weighted by atomic mass is 35.5. The number of hydrogen-bond acceptors (Lipinski definition) is 8. The van der Waals surface area contributed by atoms with E-state index in [4.69, 9.17) is 25.8 Å². The molecule has 0 amide bonds. The van der Waals surface area contributed by atoms with Gasteiger partial charge in [0.2, 0.25) is 0 Å². The summed E-state index contributed by atoms with van der Waals surface area (Å²) < 4.78 is 57.9. The number of esters is 2. The zero-order chi connectivity index (χ0) is 31.7. The van der Waals surface area contributed by atoms with Crippen molar-refractivity contribution in [1.29, 1.82) is 0 Å². The molecule has 234 valence electrons. The maximum atomic E-state index is 14.0. The van der Waals surface area contributed by atoms with Gasteiger partial charge in [-0.25, -0.2) is 4.79 Å². The number of aliphatic hydroxyl groups excluding tert-OH is 1. The summed E-state index contributed by atoms with van der Waals surface area (Å²) in [7, 11) is 0.969. The van der Waals surface area contributed by atoms with Crippen LogP contribution in [0.5, 0.6) is 5.75 Å². The Morgan fingerprint density at radius 1 is 1.12 bits per heavy atom. The van der Waals surface area contributed by atoms with Crippen LogP contribution in [-0.2, 0) is 25.5 Å². The largest absolute Gasteiger partial charge is 0.491 e. The van der Waals surface area contributed by atoms with Gasteiger partial charge in [-0.1, -0.05) is 55.8 Å². The number of benzene rings is 2. The summed E-state index contributed by atoms with van der Waals surface area (Å²) in [5.74, 6) is -4.87. The molecule has 3 unspecified atom stereocenters. The SMILES string of the molecule is COC(=O)C1C(C(F)(F)F)=NC(C)=C(C(=O)OCCCc2ccc(OCC(O)CNC(C)C)cc2)C1c1ccccc1Cl. The number of aliphatic hydroxyl groups is 1. The molecule has 0 saturated heterocycles. The molecule has 1 heterocycles. The van der Waals surface area contributed by atoms with E-state index in [1.807, 2.05) is 26.0 Å². The van der Waals surface area contributed by atoms with Crippen LogP contribution in [-0.4, -0.2) is 67.9 Å². The average molecular weight is 625 g/mol. The second-order valence-electron chi connectivity index (χ2n) is 10.4. The summed E-state index contributed by atoms with van der Waals surface area (Å²) in [6.07, 6.45) is -4.64. The van der Waals surface area contributed by atoms with Crippen LogP contribution in [0.3, 0.4) is 0 Å². The standard InChI is InChI=1S/C31H36ClF3N2O6/c1-18(2)36-16-21(38)17-43-22-13-11-20(12-14-22)8-7-15-42-30(40)25-19(3)37-28(31(33,34)35)27(29(39)41-4)26(25)23-9-5-6-10-24(23)32/h5-6,9-14,18,21,26-27,36,38H,7-8,15-17H2,1-4H3. The Kier molecular flexibility index (Phi) is 12.2. The fourth-order valence-corrected chi connectivity index (χ4v) is 4.96. The third-order valence-corrected chi connectivity index (χ3v) is 7.14. The Balaban J connectivity index is 1.69. The zero-order valence-electron chi connectivity index (χ0n) is 24.4. The van der Waals surface area contributed by atoms with Gasteiger partial charge in [-0.2, -0.15) is 13.2 Å². The summed E-state index contributed by atoms with van der Waals surface area (Å²) >= 11 is 6.34. The number of carbonyl (C=O) groups is 2. The lowest BCUT2D eigenvalue weighted by Crippen LogP contribution is -2.43. The Labute approximate surface area is 253 Å². The van der Waals surface area contributed by atoms with Crippen LogP contribution in [0.4, 0.5) is 13.2 Å². The quantitative estimate of drug-likeness (QED) is 0.227. The number of alkyl halides is 3. The number of allylic oxidation sites excluding steroid dienone is 1. The van der Waals surface area contributed by atoms with E-state index in [2.05, 4.69) is 10.3 Å². The number of carbonyl (C=O) groups excluding carboxylic acids is 2. The lowest BCUT2D eigenvalue weighted by Gasteiger charge is -2.33. The molecule has 0 bridgehead atoms. The molecule has 0 fully saturated rings. The van der Waals surface area contributed by atoms with Crippen LogP contribution < -0.4 is 10.1 Å². The van der Waals surface area contributed by atoms with Crippen LogP contribution in [0.15, 0.2) is 64.8 Å². The molecule has 0 aromatic heterocycles. The van der Waals surface area contributed by atoms with Gasteiger partial charge in [0.25, 0.3) is 0 Å². The lowest BCUT2D eigenvalue weighted by atomic mass is 9.75. The topological polar surface area (TPSA) is 106 Å². The highest BCUT2D eigenvalue weighted by Crippen LogP contribution is 2.45. The lowest BCUT2D eigenvalue weighted by molar-refractivity contribution is -0.145. The smallest absolute Gasteiger partial charge is 0.430 e. The van der Waals surface area contributed by atoms with E-state index in [9.17, 15) is 27.9 Å². The minimum Gasteiger partial charge on any atom is -0.491 e. The Morgan fingerprint density at radius 3 is 2.40 bits per heavy atom. The van der Waals surface area contributed by atoms with Crippen molar-refractivity contribution in [2.45, 2.75) is 57.9 Å². The van der Waals surface area contributed by atoms with E-state index in [0.717, 1.165) is 12.7 Å². The van der Waals surface area contributed by atoms with Crippen LogP contribution in [0.2, 0.25) is 5.02 Å². The maximum Gasteiger partial charge on any atom is 0.430 e. The number of nitrogens with zero attached hydrogens (tertiary/aromatic N) is 1. The Bertz CT molecular complexity index is 1330. The molecule has 12 heteroatoms. The molecular weight excluding hydrogens is 589 g/mol. The van der Waals surface area contributed by atoms with Gasteiger partial charge in [-0.3, -0.25) is 9.79 Å². The molecule has 2 N–H and O–H groups in total. The van der Waals surface area contributed by atoms with Crippen molar-refractivity contribution in [3.63, 3.8) is 0 Å². The molecule has 0 spiro atoms. The van der Waals surface area contributed by atoms with E-state index in [0.29, 0.717) is 25.1 Å². The average Bonchev–Trinajstić information content (AvgIpc) is 2.96. The van der Waals surface area contributed by atoms with Crippen molar-refractivity contribution in [1.82, 2.24) is 5.32 Å². The molecule has 3 atom stereocenters. The number of ether oxygens (including phenoxy) is 3. The number of methoxy groups -OCH3 is 1. The molecule has 2 aromatic carbocycles. The van der Waals surface area contributed by atoms with E-state index < -0.39 is 41.8 Å². The van der Waals surface area contributed by atoms with Gasteiger partial charge in [0.05, 0.1) is 19.3 Å². The predicted molar refractivity (Wildman–Crippen MR) is 156 cm³/mol. The summed E-state index contributed by atoms with van der Waals surface area (Å²) in [5, 5.41) is 13.2. The number of halogens is 4. The molecule has 3 rings (SSSR count). The van der Waals surface area contributed by atoms with E-state index in [-0.39, 0.29) is 41.1 Å². The van der Waals surface area contributed by atoms with Gasteiger partial charge in [0.1, 0.15) is 30.1 Å². The summed E-state index contributed by atoms with van der Waals surface area (Å²) in [6.45, 7) is 5.77. The van der Waals surface area contributed by atoms with Crippen molar-refractivity contribution in [3.8, 4) is 5.75 Å². The predicted octanol–water partition coefficient (Wildman–Crippen LogP) is 5.42. The van der Waals surface area contributed by atoms with Gasteiger partial charge in [-0.05, 0) is 49.1 Å². The second kappa shape index (κ2) is 15.4. The number of hydrogen-bond donors (Lipinski definition) is 2. The van der Waals surface area contributed by atoms with E-state index >= 15 is 0 Å². The first-order valence-electron chi connectivity index (χ1n) is 13.8. The molecule has 1 aliphatic rings. The number of aliphatic imine (C=N–C) groups is 1. The molecule has 0 saturated carbocycles. The summed E-state index contributed by atoms with van der Waals surface area (Å²) in [5.41, 5.74) is -0.689. The second-order valence-corrected chi connectivity index (χ2v) is 10.8. The van der Waals surface area contributed by atoms with E-state index in [1.165, 1.54) is 19.1 Å². The van der Waals surface area contributed by atoms with Crippen molar-refractivity contribution in [2.75, 3.05) is 26.9 Å². The van der Waals surface area contributed by atoms with Gasteiger partial charge >= 0.3 is 18.1 Å². The first kappa shape index (κ1) is 34.1. The monoisotopic (exact) mass is 624 g/mol. The Hall–Kier alpha value is -3.41. The molecule has 8 nitrogen and oxygen atoms in total. The third kappa shape index (κ3) is 9.29. The van der Waals surface area contributed by atoms with E-state index in [1.54, 1.807) is 24.3 Å². The fourth-order valence-electron chi connectivity index (χ4n) is 4.71. The normalized spacial score (nSPS) is 17.9. The van der Waals surface area contributed by atoms with Crippen molar-refractivity contribution >= 4 is 29.3 Å². The number of aryl methyl sites for hydroxylation is 1. The number of rotatable bonds is 13. The maximum absolute atomic E-state index is 14.0. The highest BCUT2D eigenvalue weighted by molar-refractivity contribution is 6.31. The molecule has 2 aromatic rings. The highest BCUT2D eigenvalue weighted by Gasteiger charge is 2.53. The van der Waals surface area contributed by atoms with Crippen LogP contribution in [0, 0.1) is 5.92 Å². The minimum atomic E-state index is -4.96. The Morgan fingerprint density at radius 2 is 1.79 bits per heavy atom. The summed E-state index contributed by atoms with van der Waals surface area (Å²) in [4.78, 5) is 29.7. The number of nitrogens with one attached hydrogen (secondary N) is 1.